The minimum Gasteiger partial charge on any atom is -0.497 e. The van der Waals surface area contributed by atoms with Gasteiger partial charge in [0.05, 0.1) is 25.7 Å². The molecule has 0 amide bonds. The molecule has 0 aromatic heterocycles. The molecule has 1 unspecified atom stereocenters. The number of benzene rings is 1. The molecular formula is C21H24N2O5. The van der Waals surface area contributed by atoms with Crippen molar-refractivity contribution in [2.45, 2.75) is 43.4 Å². The summed E-state index contributed by atoms with van der Waals surface area (Å²) in [5, 5.41) is 19.6. The standard InChI is InChI=1S/C21H24N2O5/c1-14(22-2)21(23-3,12-15-5-7-16(27-4)8-6-15)18-11-17(9-10-19(18)25)28-20(26)13-24/h5-8,17-19,24-25H,1,9-13H2,4H3/t17-,18?,19-,21+/m0/s1. The highest BCUT2D eigenvalue weighted by molar-refractivity contribution is 5.70. The summed E-state index contributed by atoms with van der Waals surface area (Å²) in [6.45, 7) is 18.4. The molecule has 1 aliphatic rings. The van der Waals surface area contributed by atoms with Crippen molar-refractivity contribution in [2.24, 2.45) is 5.92 Å². The first-order valence-electron chi connectivity index (χ1n) is 8.97. The van der Waals surface area contributed by atoms with Gasteiger partial charge in [-0.25, -0.2) is 16.2 Å². The second-order valence-electron chi connectivity index (χ2n) is 6.88. The topological polar surface area (TPSA) is 84.7 Å². The van der Waals surface area contributed by atoms with E-state index < -0.39 is 36.2 Å². The normalized spacial score (nSPS) is 23.5. The molecule has 0 aliphatic heterocycles. The van der Waals surface area contributed by atoms with Crippen LogP contribution in [-0.2, 0) is 16.0 Å². The Labute approximate surface area is 164 Å². The third-order valence-corrected chi connectivity index (χ3v) is 5.27. The molecule has 148 valence electrons. The van der Waals surface area contributed by atoms with Crippen LogP contribution in [0.15, 0.2) is 36.5 Å². The molecule has 7 heteroatoms. The van der Waals surface area contributed by atoms with Crippen LogP contribution >= 0.6 is 0 Å². The van der Waals surface area contributed by atoms with Crippen LogP contribution < -0.4 is 4.74 Å². The Hall–Kier alpha value is -2.87. The summed E-state index contributed by atoms with van der Waals surface area (Å²) < 4.78 is 10.4. The van der Waals surface area contributed by atoms with Crippen molar-refractivity contribution in [3.05, 3.63) is 64.9 Å². The summed E-state index contributed by atoms with van der Waals surface area (Å²) in [5.74, 6) is -0.693. The first-order valence-corrected chi connectivity index (χ1v) is 8.97. The minimum atomic E-state index is -1.35. The van der Waals surface area contributed by atoms with Crippen molar-refractivity contribution in [2.75, 3.05) is 13.7 Å². The van der Waals surface area contributed by atoms with E-state index >= 15 is 0 Å². The molecule has 0 radical (unpaired) electrons. The Morgan fingerprint density at radius 3 is 2.54 bits per heavy atom. The van der Waals surface area contributed by atoms with Crippen LogP contribution in [0.1, 0.15) is 24.8 Å². The first kappa shape index (κ1) is 21.4. The number of aliphatic hydroxyl groups excluding tert-OH is 2. The minimum absolute atomic E-state index is 0.0523. The third kappa shape index (κ3) is 4.51. The van der Waals surface area contributed by atoms with E-state index in [0.29, 0.717) is 18.6 Å². The summed E-state index contributed by atoms with van der Waals surface area (Å²) in [5.41, 5.74) is -0.486. The van der Waals surface area contributed by atoms with Gasteiger partial charge >= 0.3 is 5.97 Å². The maximum atomic E-state index is 11.5. The largest absolute Gasteiger partial charge is 0.497 e. The summed E-state index contributed by atoms with van der Waals surface area (Å²) in [6.07, 6.45) is -0.160. The Balaban J connectivity index is 2.37. The van der Waals surface area contributed by atoms with Crippen LogP contribution in [0.5, 0.6) is 5.75 Å². The lowest BCUT2D eigenvalue weighted by Gasteiger charge is -2.38. The number of rotatable bonds is 7. The number of esters is 1. The fourth-order valence-electron chi connectivity index (χ4n) is 3.74. The molecule has 2 rings (SSSR count). The number of hydrogen-bond acceptors (Lipinski definition) is 5. The van der Waals surface area contributed by atoms with Crippen molar-refractivity contribution in [3.8, 4) is 5.75 Å². The Bertz CT molecular complexity index is 792. The van der Waals surface area contributed by atoms with E-state index in [2.05, 4.69) is 16.3 Å². The highest BCUT2D eigenvalue weighted by Crippen LogP contribution is 2.43. The van der Waals surface area contributed by atoms with Gasteiger partial charge in [-0.3, -0.25) is 0 Å². The molecule has 2 N–H and O–H groups in total. The Morgan fingerprint density at radius 1 is 1.32 bits per heavy atom. The van der Waals surface area contributed by atoms with Crippen molar-refractivity contribution < 1.29 is 24.5 Å². The van der Waals surface area contributed by atoms with Gasteiger partial charge in [0.1, 0.15) is 18.5 Å². The average Bonchev–Trinajstić information content (AvgIpc) is 2.73. The van der Waals surface area contributed by atoms with E-state index in [4.69, 9.17) is 27.7 Å². The van der Waals surface area contributed by atoms with Gasteiger partial charge in [0, 0.05) is 6.42 Å². The Morgan fingerprint density at radius 2 is 2.00 bits per heavy atom. The highest BCUT2D eigenvalue weighted by atomic mass is 16.6. The van der Waals surface area contributed by atoms with Crippen LogP contribution in [-0.4, -0.2) is 47.6 Å². The number of hydrogen-bond donors (Lipinski definition) is 2. The van der Waals surface area contributed by atoms with Gasteiger partial charge in [-0.2, -0.15) is 0 Å². The molecule has 4 atom stereocenters. The lowest BCUT2D eigenvalue weighted by Crippen LogP contribution is -2.49. The molecule has 1 aromatic rings. The monoisotopic (exact) mass is 384 g/mol. The molecule has 0 spiro atoms. The fraction of sp³-hybridized carbons (Fsp3) is 0.476. The molecule has 1 fully saturated rings. The number of carbonyl (C=O) groups is 1. The van der Waals surface area contributed by atoms with Crippen LogP contribution in [0, 0.1) is 19.1 Å². The molecule has 7 nitrogen and oxygen atoms in total. The molecule has 0 bridgehead atoms. The first-order chi connectivity index (χ1) is 13.4. The molecular weight excluding hydrogens is 360 g/mol. The predicted molar refractivity (Wildman–Crippen MR) is 102 cm³/mol. The van der Waals surface area contributed by atoms with E-state index in [1.165, 1.54) is 0 Å². The summed E-state index contributed by atoms with van der Waals surface area (Å²) in [4.78, 5) is 18.7. The number of carbonyl (C=O) groups excluding carboxylic acids is 1. The SMILES string of the molecule is [C-]#[N+]C(=C)[C@@](Cc1ccc(OC)cc1)([N+]#[C-])C1C[C@@H](OC(=O)CO)CC[C@@H]1O. The van der Waals surface area contributed by atoms with Gasteiger partial charge in [-0.15, -0.1) is 0 Å². The lowest BCUT2D eigenvalue weighted by molar-refractivity contribution is -0.157. The van der Waals surface area contributed by atoms with Crippen molar-refractivity contribution in [3.63, 3.8) is 0 Å². The quantitative estimate of drug-likeness (QED) is 0.557. The lowest BCUT2D eigenvalue weighted by atomic mass is 9.68. The van der Waals surface area contributed by atoms with E-state index in [1.807, 2.05) is 12.1 Å². The summed E-state index contributed by atoms with van der Waals surface area (Å²) in [6, 6.07) is 7.17. The number of methoxy groups -OCH3 is 1. The zero-order valence-electron chi connectivity index (χ0n) is 15.8. The predicted octanol–water partition coefficient (Wildman–Crippen LogP) is 2.39. The highest BCUT2D eigenvalue weighted by Gasteiger charge is 2.54. The zero-order chi connectivity index (χ0) is 20.7. The summed E-state index contributed by atoms with van der Waals surface area (Å²) in [7, 11) is 1.56. The van der Waals surface area contributed by atoms with Gasteiger partial charge in [0.15, 0.2) is 0 Å². The molecule has 1 aliphatic carbocycles. The van der Waals surface area contributed by atoms with Gasteiger partial charge < -0.3 is 24.5 Å². The van der Waals surface area contributed by atoms with Crippen LogP contribution in [0.3, 0.4) is 0 Å². The third-order valence-electron chi connectivity index (χ3n) is 5.27. The second-order valence-corrected chi connectivity index (χ2v) is 6.88. The van der Waals surface area contributed by atoms with E-state index in [1.54, 1.807) is 19.2 Å². The van der Waals surface area contributed by atoms with Crippen LogP contribution in [0.25, 0.3) is 9.69 Å². The van der Waals surface area contributed by atoms with Crippen molar-refractivity contribution >= 4 is 5.97 Å². The number of aliphatic hydroxyl groups is 2. The Kier molecular flexibility index (Phi) is 7.17. The molecule has 1 saturated carbocycles. The van der Waals surface area contributed by atoms with E-state index in [0.717, 1.165) is 5.56 Å². The van der Waals surface area contributed by atoms with Gasteiger partial charge in [-0.1, -0.05) is 18.7 Å². The summed E-state index contributed by atoms with van der Waals surface area (Å²) >= 11 is 0. The van der Waals surface area contributed by atoms with Gasteiger partial charge in [-0.05, 0) is 37.0 Å². The maximum Gasteiger partial charge on any atom is 0.332 e. The number of ether oxygens (including phenoxy) is 2. The van der Waals surface area contributed by atoms with E-state index in [9.17, 15) is 9.90 Å². The molecule has 1 aromatic carbocycles. The van der Waals surface area contributed by atoms with E-state index in [-0.39, 0.29) is 18.5 Å². The van der Waals surface area contributed by atoms with Gasteiger partial charge in [0.25, 0.3) is 5.54 Å². The number of nitrogens with zero attached hydrogens (tertiary/aromatic N) is 2. The van der Waals surface area contributed by atoms with Gasteiger partial charge in [0.2, 0.25) is 5.70 Å². The fourth-order valence-corrected chi connectivity index (χ4v) is 3.74. The second kappa shape index (κ2) is 9.36. The molecule has 28 heavy (non-hydrogen) atoms. The molecule has 0 heterocycles. The average molecular weight is 384 g/mol. The van der Waals surface area contributed by atoms with Crippen molar-refractivity contribution in [1.82, 2.24) is 0 Å². The van der Waals surface area contributed by atoms with Crippen molar-refractivity contribution in [1.29, 1.82) is 0 Å². The van der Waals surface area contributed by atoms with Crippen LogP contribution in [0.4, 0.5) is 0 Å². The van der Waals surface area contributed by atoms with Crippen LogP contribution in [0.2, 0.25) is 0 Å². The zero-order valence-corrected chi connectivity index (χ0v) is 15.8. The molecule has 0 saturated heterocycles. The maximum absolute atomic E-state index is 11.5. The smallest absolute Gasteiger partial charge is 0.332 e.